The highest BCUT2D eigenvalue weighted by molar-refractivity contribution is 6.03. The van der Waals surface area contributed by atoms with Gasteiger partial charge in [0.05, 0.1) is 25.4 Å². The Labute approximate surface area is 171 Å². The van der Waals surface area contributed by atoms with E-state index in [2.05, 4.69) is 10.3 Å². The molecule has 1 aromatic carbocycles. The number of ketones is 1. The van der Waals surface area contributed by atoms with Crippen LogP contribution in [0.1, 0.15) is 51.5 Å². The smallest absolute Gasteiger partial charge is 0.339 e. The van der Waals surface area contributed by atoms with E-state index in [-0.39, 0.29) is 18.2 Å². The molecule has 1 amide bonds. The highest BCUT2D eigenvalue weighted by Crippen LogP contribution is 2.20. The van der Waals surface area contributed by atoms with Gasteiger partial charge < -0.3 is 19.9 Å². The molecule has 7 heteroatoms. The molecule has 2 rings (SSSR count). The lowest BCUT2D eigenvalue weighted by molar-refractivity contribution is -0.885. The second-order valence-electron chi connectivity index (χ2n) is 7.28. The number of anilines is 1. The van der Waals surface area contributed by atoms with Crippen LogP contribution in [0.25, 0.3) is 0 Å². The summed E-state index contributed by atoms with van der Waals surface area (Å²) < 4.78 is 4.80. The number of carbonyl (C=O) groups is 3. The molecule has 0 radical (unpaired) electrons. The summed E-state index contributed by atoms with van der Waals surface area (Å²) in [5.74, 6) is -0.782. The molecule has 156 valence electrons. The van der Waals surface area contributed by atoms with E-state index in [1.165, 1.54) is 7.11 Å². The third kappa shape index (κ3) is 4.92. The summed E-state index contributed by atoms with van der Waals surface area (Å²) >= 11 is 0. The van der Waals surface area contributed by atoms with Crippen molar-refractivity contribution in [2.75, 3.05) is 26.0 Å². The van der Waals surface area contributed by atoms with Gasteiger partial charge in [0.25, 0.3) is 5.91 Å². The Balaban J connectivity index is 2.10. The number of quaternary nitrogens is 1. The molecule has 0 aliphatic rings. The van der Waals surface area contributed by atoms with Crippen LogP contribution in [-0.2, 0) is 16.0 Å². The van der Waals surface area contributed by atoms with Gasteiger partial charge >= 0.3 is 5.97 Å². The van der Waals surface area contributed by atoms with Crippen molar-refractivity contribution in [2.24, 2.45) is 0 Å². The van der Waals surface area contributed by atoms with Crippen LogP contribution < -0.4 is 10.2 Å². The van der Waals surface area contributed by atoms with Crippen molar-refractivity contribution in [2.45, 2.75) is 40.2 Å². The van der Waals surface area contributed by atoms with Crippen LogP contribution in [0.3, 0.4) is 0 Å². The van der Waals surface area contributed by atoms with Gasteiger partial charge in [-0.1, -0.05) is 25.1 Å². The van der Waals surface area contributed by atoms with E-state index in [0.717, 1.165) is 22.6 Å². The van der Waals surface area contributed by atoms with Crippen LogP contribution in [-0.4, -0.2) is 49.4 Å². The van der Waals surface area contributed by atoms with Gasteiger partial charge in [0, 0.05) is 11.4 Å². The van der Waals surface area contributed by atoms with Crippen LogP contribution in [0.4, 0.5) is 5.69 Å². The minimum atomic E-state index is -0.474. The van der Waals surface area contributed by atoms with E-state index in [9.17, 15) is 14.4 Å². The molecule has 1 unspecified atom stereocenters. The maximum atomic E-state index is 13.0. The van der Waals surface area contributed by atoms with E-state index in [1.807, 2.05) is 31.2 Å². The summed E-state index contributed by atoms with van der Waals surface area (Å²) in [7, 11) is 3.12. The van der Waals surface area contributed by atoms with Gasteiger partial charge in [-0.2, -0.15) is 0 Å². The van der Waals surface area contributed by atoms with Gasteiger partial charge in [-0.05, 0) is 44.4 Å². The van der Waals surface area contributed by atoms with Crippen LogP contribution in [0, 0.1) is 13.8 Å². The number of likely N-dealkylation sites (N-methyl/N-ethyl adjacent to an activating group) is 1. The Morgan fingerprint density at radius 3 is 2.48 bits per heavy atom. The lowest BCUT2D eigenvalue weighted by Gasteiger charge is -2.20. The van der Waals surface area contributed by atoms with Gasteiger partial charge in [-0.15, -0.1) is 0 Å². The van der Waals surface area contributed by atoms with Crippen molar-refractivity contribution in [1.82, 2.24) is 4.98 Å². The van der Waals surface area contributed by atoms with Gasteiger partial charge in [0.1, 0.15) is 0 Å². The molecule has 3 N–H and O–H groups in total. The molecule has 2 aromatic rings. The fourth-order valence-electron chi connectivity index (χ4n) is 3.40. The normalized spacial score (nSPS) is 12.9. The number of carbonyl (C=O) groups excluding carboxylic acids is 3. The third-order valence-corrected chi connectivity index (χ3v) is 5.32. The van der Waals surface area contributed by atoms with Crippen molar-refractivity contribution in [3.63, 3.8) is 0 Å². The Hall–Kier alpha value is -2.93. The Kier molecular flexibility index (Phi) is 7.34. The number of aryl methyl sites for hydroxylation is 2. The fraction of sp³-hybridized carbons (Fsp3) is 0.409. The maximum absolute atomic E-state index is 13.0. The molecule has 0 bridgehead atoms. The number of para-hydroxylation sites is 1. The van der Waals surface area contributed by atoms with Crippen molar-refractivity contribution in [1.29, 1.82) is 0 Å². The number of aromatic amines is 1. The number of ether oxygens (including phenoxy) is 1. The van der Waals surface area contributed by atoms with Gasteiger partial charge in [0.2, 0.25) is 5.78 Å². The number of H-pyrrole nitrogens is 1. The second-order valence-corrected chi connectivity index (χ2v) is 7.28. The predicted molar refractivity (Wildman–Crippen MR) is 112 cm³/mol. The molecule has 0 fully saturated rings. The van der Waals surface area contributed by atoms with E-state index in [4.69, 9.17) is 4.74 Å². The molecule has 2 atom stereocenters. The van der Waals surface area contributed by atoms with E-state index in [0.29, 0.717) is 22.5 Å². The number of benzene rings is 1. The Morgan fingerprint density at radius 2 is 1.86 bits per heavy atom. The first-order valence-corrected chi connectivity index (χ1v) is 9.72. The van der Waals surface area contributed by atoms with Gasteiger partial charge in [-0.3, -0.25) is 9.59 Å². The zero-order valence-electron chi connectivity index (χ0n) is 17.9. The highest BCUT2D eigenvalue weighted by Gasteiger charge is 2.30. The Bertz CT molecular complexity index is 917. The summed E-state index contributed by atoms with van der Waals surface area (Å²) in [5, 5.41) is 2.93. The summed E-state index contributed by atoms with van der Waals surface area (Å²) in [6, 6.07) is 7.21. The number of amides is 1. The molecule has 0 saturated heterocycles. The molecule has 0 aliphatic heterocycles. The van der Waals surface area contributed by atoms with Crippen molar-refractivity contribution >= 4 is 23.3 Å². The SMILES string of the molecule is CCc1ccccc1NC(=O)C[NH+](C)[C@@H](C)C(=O)c1[nH]c(C)c(C(=O)OC)c1C. The predicted octanol–water partition coefficient (Wildman–Crippen LogP) is 1.71. The zero-order chi connectivity index (χ0) is 21.7. The summed E-state index contributed by atoms with van der Waals surface area (Å²) in [6.45, 7) is 7.41. The summed E-state index contributed by atoms with van der Waals surface area (Å²) in [6.07, 6.45) is 0.821. The molecule has 1 heterocycles. The fourth-order valence-corrected chi connectivity index (χ4v) is 3.40. The average Bonchev–Trinajstić information content (AvgIpc) is 3.00. The first-order chi connectivity index (χ1) is 13.7. The number of Topliss-reactive ketones (excluding diaryl/α,β-unsaturated/α-hetero) is 1. The number of esters is 1. The zero-order valence-corrected chi connectivity index (χ0v) is 17.9. The highest BCUT2D eigenvalue weighted by atomic mass is 16.5. The van der Waals surface area contributed by atoms with Crippen molar-refractivity contribution in [3.8, 4) is 0 Å². The minimum absolute atomic E-state index is 0.146. The second kappa shape index (κ2) is 9.52. The summed E-state index contributed by atoms with van der Waals surface area (Å²) in [5.41, 5.74) is 3.79. The molecule has 0 spiro atoms. The molecule has 29 heavy (non-hydrogen) atoms. The molecule has 7 nitrogen and oxygen atoms in total. The number of nitrogens with one attached hydrogen (secondary N) is 3. The Morgan fingerprint density at radius 1 is 1.21 bits per heavy atom. The minimum Gasteiger partial charge on any atom is -0.465 e. The van der Waals surface area contributed by atoms with Gasteiger partial charge in [0.15, 0.2) is 12.6 Å². The van der Waals surface area contributed by atoms with Gasteiger partial charge in [-0.25, -0.2) is 4.79 Å². The number of hydrogen-bond donors (Lipinski definition) is 3. The average molecular weight is 400 g/mol. The quantitative estimate of drug-likeness (QED) is 0.465. The number of aromatic nitrogens is 1. The largest absolute Gasteiger partial charge is 0.465 e. The monoisotopic (exact) mass is 400 g/mol. The first kappa shape index (κ1) is 22.4. The molecular weight excluding hydrogens is 370 g/mol. The molecule has 0 aliphatic carbocycles. The van der Waals surface area contributed by atoms with E-state index in [1.54, 1.807) is 27.8 Å². The number of rotatable bonds is 8. The maximum Gasteiger partial charge on any atom is 0.339 e. The topological polar surface area (TPSA) is 92.7 Å². The van der Waals surface area contributed by atoms with Crippen molar-refractivity contribution < 1.29 is 24.0 Å². The number of methoxy groups -OCH3 is 1. The van der Waals surface area contributed by atoms with E-state index < -0.39 is 12.0 Å². The van der Waals surface area contributed by atoms with Crippen LogP contribution in [0.2, 0.25) is 0 Å². The van der Waals surface area contributed by atoms with Crippen LogP contribution in [0.15, 0.2) is 24.3 Å². The van der Waals surface area contributed by atoms with Crippen LogP contribution >= 0.6 is 0 Å². The third-order valence-electron chi connectivity index (χ3n) is 5.32. The summed E-state index contributed by atoms with van der Waals surface area (Å²) in [4.78, 5) is 41.2. The lowest BCUT2D eigenvalue weighted by Crippen LogP contribution is -3.14. The van der Waals surface area contributed by atoms with Crippen molar-refractivity contribution in [3.05, 3.63) is 52.3 Å². The lowest BCUT2D eigenvalue weighted by atomic mass is 10.0. The first-order valence-electron chi connectivity index (χ1n) is 9.72. The molecule has 1 aromatic heterocycles. The molecular formula is C22H30N3O4+. The number of hydrogen-bond acceptors (Lipinski definition) is 4. The molecule has 0 saturated carbocycles. The van der Waals surface area contributed by atoms with Crippen LogP contribution in [0.5, 0.6) is 0 Å². The standard InChI is InChI=1S/C22H29N3O4/c1-7-16-10-8-9-11-17(16)24-18(26)12-25(5)15(4)21(27)20-13(2)19(14(3)23-20)22(28)29-6/h8-11,15,23H,7,12H2,1-6H3,(H,24,26)/p+1/t15-/m0/s1. The van der Waals surface area contributed by atoms with E-state index >= 15 is 0 Å².